The molecule has 4 aromatic rings. The van der Waals surface area contributed by atoms with Crippen molar-refractivity contribution in [3.05, 3.63) is 96.1 Å². The van der Waals surface area contributed by atoms with Gasteiger partial charge in [0.1, 0.15) is 6.26 Å². The van der Waals surface area contributed by atoms with Gasteiger partial charge in [-0.3, -0.25) is 9.67 Å². The summed E-state index contributed by atoms with van der Waals surface area (Å²) in [5, 5.41) is 10.9. The first-order chi connectivity index (χ1) is 14.8. The molecular weight excluding hydrogens is 503 g/mol. The third kappa shape index (κ3) is 6.17. The van der Waals surface area contributed by atoms with Crippen molar-refractivity contribution in [3.63, 3.8) is 0 Å². The summed E-state index contributed by atoms with van der Waals surface area (Å²) in [6.07, 6.45) is 5.42. The highest BCUT2D eigenvalue weighted by Crippen LogP contribution is 2.17. The Balaban J connectivity index is 0.00000272. The number of hydrogen-bond donors (Lipinski definition) is 2. The number of oxazole rings is 1. The Hall–Kier alpha value is -3.14. The maximum Gasteiger partial charge on any atom is 0.226 e. The molecule has 0 radical (unpaired) electrons. The first-order valence-electron chi connectivity index (χ1n) is 9.80. The Bertz CT molecular complexity index is 1090. The summed E-state index contributed by atoms with van der Waals surface area (Å²) in [4.78, 5) is 8.85. The van der Waals surface area contributed by atoms with Gasteiger partial charge in [0.05, 0.1) is 18.8 Å². The van der Waals surface area contributed by atoms with E-state index in [1.165, 1.54) is 11.1 Å². The summed E-state index contributed by atoms with van der Waals surface area (Å²) in [5.41, 5.74) is 4.19. The quantitative estimate of drug-likeness (QED) is 0.215. The molecule has 4 rings (SSSR count). The number of halogens is 1. The van der Waals surface area contributed by atoms with E-state index in [0.717, 1.165) is 17.8 Å². The standard InChI is InChI=1S/C23H24N6O.HI/c1-24-23(26-15-21-17-30-22(28-21)18-8-3-2-4-9-18)25-14-19-10-5-6-11-20(19)16-29-13-7-12-27-29;/h2-13,17H,14-16H2,1H3,(H2,24,25,26);1H. The second-order valence-corrected chi connectivity index (χ2v) is 6.76. The maximum atomic E-state index is 5.59. The van der Waals surface area contributed by atoms with Crippen molar-refractivity contribution in [2.24, 2.45) is 4.99 Å². The van der Waals surface area contributed by atoms with Gasteiger partial charge in [-0.15, -0.1) is 24.0 Å². The molecule has 0 spiro atoms. The van der Waals surface area contributed by atoms with E-state index in [9.17, 15) is 0 Å². The first-order valence-corrected chi connectivity index (χ1v) is 9.80. The lowest BCUT2D eigenvalue weighted by Gasteiger charge is -2.14. The minimum atomic E-state index is 0. The fourth-order valence-corrected chi connectivity index (χ4v) is 3.13. The zero-order chi connectivity index (χ0) is 20.6. The molecule has 0 amide bonds. The number of aliphatic imine (C=N–C) groups is 1. The van der Waals surface area contributed by atoms with E-state index in [2.05, 4.69) is 37.8 Å². The first kappa shape index (κ1) is 22.5. The smallest absolute Gasteiger partial charge is 0.226 e. The summed E-state index contributed by atoms with van der Waals surface area (Å²) >= 11 is 0. The highest BCUT2D eigenvalue weighted by atomic mass is 127. The van der Waals surface area contributed by atoms with Crippen LogP contribution in [0.4, 0.5) is 0 Å². The van der Waals surface area contributed by atoms with E-state index >= 15 is 0 Å². The van der Waals surface area contributed by atoms with Crippen molar-refractivity contribution in [1.82, 2.24) is 25.4 Å². The van der Waals surface area contributed by atoms with Crippen molar-refractivity contribution in [1.29, 1.82) is 0 Å². The Morgan fingerprint density at radius 1 is 0.968 bits per heavy atom. The molecule has 31 heavy (non-hydrogen) atoms. The number of nitrogens with one attached hydrogen (secondary N) is 2. The minimum absolute atomic E-state index is 0. The van der Waals surface area contributed by atoms with Crippen molar-refractivity contribution in [2.45, 2.75) is 19.6 Å². The lowest BCUT2D eigenvalue weighted by atomic mass is 10.1. The zero-order valence-electron chi connectivity index (χ0n) is 17.2. The molecule has 0 bridgehead atoms. The van der Waals surface area contributed by atoms with Gasteiger partial charge < -0.3 is 15.1 Å². The second-order valence-electron chi connectivity index (χ2n) is 6.76. The van der Waals surface area contributed by atoms with Crippen LogP contribution in [0.3, 0.4) is 0 Å². The van der Waals surface area contributed by atoms with Gasteiger partial charge in [-0.05, 0) is 29.3 Å². The van der Waals surface area contributed by atoms with E-state index in [1.54, 1.807) is 19.5 Å². The maximum absolute atomic E-state index is 5.59. The van der Waals surface area contributed by atoms with E-state index in [1.807, 2.05) is 59.4 Å². The molecule has 0 aliphatic carbocycles. The second kappa shape index (κ2) is 11.3. The molecule has 2 heterocycles. The molecule has 0 saturated heterocycles. The molecule has 2 aromatic carbocycles. The number of hydrogen-bond acceptors (Lipinski definition) is 4. The molecule has 0 unspecified atom stereocenters. The van der Waals surface area contributed by atoms with Crippen molar-refractivity contribution in [2.75, 3.05) is 7.05 Å². The van der Waals surface area contributed by atoms with E-state index in [-0.39, 0.29) is 24.0 Å². The number of aromatic nitrogens is 3. The molecule has 0 saturated carbocycles. The summed E-state index contributed by atoms with van der Waals surface area (Å²) in [6, 6.07) is 20.1. The average molecular weight is 528 g/mol. The van der Waals surface area contributed by atoms with Crippen LogP contribution in [0.15, 0.2) is 88.7 Å². The van der Waals surface area contributed by atoms with Gasteiger partial charge in [0.15, 0.2) is 5.96 Å². The largest absolute Gasteiger partial charge is 0.444 e. The van der Waals surface area contributed by atoms with Crippen LogP contribution in [0.25, 0.3) is 11.5 Å². The molecule has 160 valence electrons. The van der Waals surface area contributed by atoms with Crippen LogP contribution < -0.4 is 10.6 Å². The average Bonchev–Trinajstić information content (AvgIpc) is 3.48. The Kier molecular flexibility index (Phi) is 8.22. The van der Waals surface area contributed by atoms with Gasteiger partial charge in [-0.1, -0.05) is 42.5 Å². The number of benzene rings is 2. The molecule has 0 atom stereocenters. The Morgan fingerprint density at radius 3 is 2.45 bits per heavy atom. The lowest BCUT2D eigenvalue weighted by Crippen LogP contribution is -2.36. The molecule has 0 aliphatic rings. The number of guanidine groups is 1. The monoisotopic (exact) mass is 528 g/mol. The fraction of sp³-hybridized carbons (Fsp3) is 0.174. The van der Waals surface area contributed by atoms with E-state index in [4.69, 9.17) is 4.42 Å². The molecular formula is C23H25IN6O. The summed E-state index contributed by atoms with van der Waals surface area (Å²) in [7, 11) is 1.75. The highest BCUT2D eigenvalue weighted by molar-refractivity contribution is 14.0. The summed E-state index contributed by atoms with van der Waals surface area (Å²) in [6.45, 7) is 1.91. The normalized spacial score (nSPS) is 11.1. The molecule has 8 heteroatoms. The van der Waals surface area contributed by atoms with Crippen molar-refractivity contribution < 1.29 is 4.42 Å². The highest BCUT2D eigenvalue weighted by Gasteiger charge is 2.08. The Labute approximate surface area is 198 Å². The van der Waals surface area contributed by atoms with Gasteiger partial charge in [0.25, 0.3) is 0 Å². The van der Waals surface area contributed by atoms with Crippen molar-refractivity contribution in [3.8, 4) is 11.5 Å². The van der Waals surface area contributed by atoms with Crippen LogP contribution in [0.1, 0.15) is 16.8 Å². The molecule has 2 N–H and O–H groups in total. The van der Waals surface area contributed by atoms with Crippen LogP contribution in [-0.4, -0.2) is 27.8 Å². The summed E-state index contributed by atoms with van der Waals surface area (Å²) < 4.78 is 7.51. The van der Waals surface area contributed by atoms with Gasteiger partial charge in [-0.2, -0.15) is 5.10 Å². The van der Waals surface area contributed by atoms with Gasteiger partial charge in [-0.25, -0.2) is 4.98 Å². The number of nitrogens with zero attached hydrogens (tertiary/aromatic N) is 4. The van der Waals surface area contributed by atoms with Crippen LogP contribution >= 0.6 is 24.0 Å². The van der Waals surface area contributed by atoms with Gasteiger partial charge >= 0.3 is 0 Å². The third-order valence-corrected chi connectivity index (χ3v) is 4.69. The molecule has 2 aromatic heterocycles. The van der Waals surface area contributed by atoms with Crippen LogP contribution in [0, 0.1) is 0 Å². The predicted octanol–water partition coefficient (Wildman–Crippen LogP) is 4.07. The topological polar surface area (TPSA) is 80.3 Å². The van der Waals surface area contributed by atoms with Crippen LogP contribution in [0.2, 0.25) is 0 Å². The lowest BCUT2D eigenvalue weighted by molar-refractivity contribution is 0.572. The van der Waals surface area contributed by atoms with Crippen LogP contribution in [0.5, 0.6) is 0 Å². The van der Waals surface area contributed by atoms with E-state index in [0.29, 0.717) is 24.9 Å². The molecule has 7 nitrogen and oxygen atoms in total. The summed E-state index contributed by atoms with van der Waals surface area (Å²) in [5.74, 6) is 1.32. The fourth-order valence-electron chi connectivity index (χ4n) is 3.13. The predicted molar refractivity (Wildman–Crippen MR) is 132 cm³/mol. The van der Waals surface area contributed by atoms with Crippen molar-refractivity contribution >= 4 is 29.9 Å². The zero-order valence-corrected chi connectivity index (χ0v) is 19.6. The van der Waals surface area contributed by atoms with E-state index < -0.39 is 0 Å². The number of rotatable bonds is 7. The van der Waals surface area contributed by atoms with Gasteiger partial charge in [0.2, 0.25) is 5.89 Å². The third-order valence-electron chi connectivity index (χ3n) is 4.69. The van der Waals surface area contributed by atoms with Crippen LogP contribution in [-0.2, 0) is 19.6 Å². The minimum Gasteiger partial charge on any atom is -0.444 e. The molecule has 0 fully saturated rings. The van der Waals surface area contributed by atoms with Gasteiger partial charge in [0, 0.05) is 31.5 Å². The Morgan fingerprint density at radius 2 is 1.71 bits per heavy atom. The molecule has 0 aliphatic heterocycles. The SMILES string of the molecule is CN=C(NCc1coc(-c2ccccc2)n1)NCc1ccccc1Cn1cccn1.I.